The van der Waals surface area contributed by atoms with Crippen LogP contribution in [0.15, 0.2) is 53.4 Å². The Labute approximate surface area is 154 Å². The Kier molecular flexibility index (Phi) is 5.30. The Morgan fingerprint density at radius 1 is 1.32 bits per heavy atom. The molecule has 0 aromatic heterocycles. The number of nitrogens with one attached hydrogen (secondary N) is 1. The summed E-state index contributed by atoms with van der Waals surface area (Å²) < 4.78 is 13.2. The number of urea groups is 1. The number of rotatable bonds is 4. The largest absolute Gasteiger partial charge is 0.331 e. The first-order chi connectivity index (χ1) is 12.0. The average molecular weight is 379 g/mol. The highest BCUT2D eigenvalue weighted by molar-refractivity contribution is 8.00. The van der Waals surface area contributed by atoms with Gasteiger partial charge in [0.05, 0.1) is 17.5 Å². The summed E-state index contributed by atoms with van der Waals surface area (Å²) in [6.45, 7) is 1.86. The van der Waals surface area contributed by atoms with Gasteiger partial charge in [-0.25, -0.2) is 9.18 Å². The van der Waals surface area contributed by atoms with Gasteiger partial charge in [-0.05, 0) is 30.7 Å². The lowest BCUT2D eigenvalue weighted by Crippen LogP contribution is -2.57. The van der Waals surface area contributed by atoms with E-state index in [0.717, 1.165) is 5.56 Å². The Morgan fingerprint density at radius 2 is 2.04 bits per heavy atom. The number of imide groups is 1. The number of likely N-dealkylation sites (tertiary alicyclic amines) is 1. The summed E-state index contributed by atoms with van der Waals surface area (Å²) in [5, 5.41) is 2.53. The van der Waals surface area contributed by atoms with Gasteiger partial charge in [-0.3, -0.25) is 9.69 Å². The van der Waals surface area contributed by atoms with Crippen molar-refractivity contribution < 1.29 is 14.0 Å². The first-order valence-electron chi connectivity index (χ1n) is 7.75. The van der Waals surface area contributed by atoms with E-state index in [2.05, 4.69) is 5.32 Å². The highest BCUT2D eigenvalue weighted by Crippen LogP contribution is 2.36. The third-order valence-corrected chi connectivity index (χ3v) is 5.39. The smallest absolute Gasteiger partial charge is 0.325 e. The number of nitrogens with zero attached hydrogens (tertiary/aromatic N) is 1. The molecule has 130 valence electrons. The molecule has 0 spiro atoms. The van der Waals surface area contributed by atoms with Crippen LogP contribution in [0.25, 0.3) is 0 Å². The number of hydrogen-bond acceptors (Lipinski definition) is 3. The topological polar surface area (TPSA) is 49.4 Å². The third kappa shape index (κ3) is 3.96. The lowest BCUT2D eigenvalue weighted by Gasteiger charge is -2.38. The summed E-state index contributed by atoms with van der Waals surface area (Å²) in [5.41, 5.74) is 0.957. The molecule has 1 aliphatic heterocycles. The van der Waals surface area contributed by atoms with Crippen LogP contribution in [0.4, 0.5) is 9.18 Å². The van der Waals surface area contributed by atoms with Crippen LogP contribution < -0.4 is 5.32 Å². The summed E-state index contributed by atoms with van der Waals surface area (Å²) in [6.07, 6.45) is 0.257. The van der Waals surface area contributed by atoms with E-state index >= 15 is 0 Å². The number of halogens is 2. The number of carbonyl (C=O) groups is 2. The fourth-order valence-corrected chi connectivity index (χ4v) is 3.95. The lowest BCUT2D eigenvalue weighted by atomic mass is 10.1. The van der Waals surface area contributed by atoms with Crippen molar-refractivity contribution in [2.24, 2.45) is 0 Å². The minimum Gasteiger partial charge on any atom is -0.331 e. The van der Waals surface area contributed by atoms with Gasteiger partial charge >= 0.3 is 6.03 Å². The van der Waals surface area contributed by atoms with E-state index in [9.17, 15) is 14.0 Å². The molecular weight excluding hydrogens is 363 g/mol. The van der Waals surface area contributed by atoms with Crippen LogP contribution in [-0.4, -0.2) is 22.2 Å². The number of benzene rings is 2. The average Bonchev–Trinajstić information content (AvgIpc) is 2.58. The van der Waals surface area contributed by atoms with Crippen molar-refractivity contribution in [3.05, 3.63) is 64.9 Å². The van der Waals surface area contributed by atoms with Crippen LogP contribution in [0.1, 0.15) is 24.9 Å². The highest BCUT2D eigenvalue weighted by Gasteiger charge is 2.41. The molecule has 0 saturated carbocycles. The fourth-order valence-electron chi connectivity index (χ4n) is 2.51. The minimum absolute atomic E-state index is 0.0179. The van der Waals surface area contributed by atoms with Gasteiger partial charge in [-0.2, -0.15) is 0 Å². The Balaban J connectivity index is 1.65. The van der Waals surface area contributed by atoms with Gasteiger partial charge in [0.2, 0.25) is 5.91 Å². The molecule has 4 nitrogen and oxygen atoms in total. The predicted octanol–water partition coefficient (Wildman–Crippen LogP) is 4.60. The van der Waals surface area contributed by atoms with Gasteiger partial charge in [0.25, 0.3) is 0 Å². The molecule has 3 rings (SSSR count). The zero-order chi connectivity index (χ0) is 18.0. The second-order valence-electron chi connectivity index (χ2n) is 5.70. The molecule has 3 amide bonds. The molecule has 2 aromatic carbocycles. The van der Waals surface area contributed by atoms with Crippen molar-refractivity contribution in [3.8, 4) is 0 Å². The van der Waals surface area contributed by atoms with E-state index in [1.807, 2.05) is 37.3 Å². The van der Waals surface area contributed by atoms with Crippen LogP contribution in [0, 0.1) is 5.82 Å². The van der Waals surface area contributed by atoms with Crippen LogP contribution in [-0.2, 0) is 4.79 Å². The van der Waals surface area contributed by atoms with E-state index < -0.39 is 11.8 Å². The van der Waals surface area contributed by atoms with E-state index in [1.165, 1.54) is 28.8 Å². The van der Waals surface area contributed by atoms with Gasteiger partial charge < -0.3 is 5.32 Å². The molecule has 2 aromatic rings. The standard InChI is InChI=1S/C18H16ClFN2O2S/c1-11(12-5-3-2-4-6-12)21-18(24)22-16(23)10-17(22)25-13-7-8-15(20)14(19)9-13/h2-9,11,17H,10H2,1H3,(H,21,24)/t11-,17+/m1/s1. The van der Waals surface area contributed by atoms with E-state index in [-0.39, 0.29) is 28.8 Å². The number of hydrogen-bond donors (Lipinski definition) is 1. The van der Waals surface area contributed by atoms with Crippen LogP contribution in [0.5, 0.6) is 0 Å². The number of thioether (sulfide) groups is 1. The van der Waals surface area contributed by atoms with Crippen molar-refractivity contribution in [1.29, 1.82) is 0 Å². The number of amides is 3. The van der Waals surface area contributed by atoms with Crippen molar-refractivity contribution in [2.45, 2.75) is 29.7 Å². The van der Waals surface area contributed by atoms with E-state index in [1.54, 1.807) is 6.07 Å². The second kappa shape index (κ2) is 7.45. The molecule has 7 heteroatoms. The Bertz CT molecular complexity index is 803. The molecule has 1 heterocycles. The highest BCUT2D eigenvalue weighted by atomic mass is 35.5. The van der Waals surface area contributed by atoms with Crippen molar-refractivity contribution >= 4 is 35.3 Å². The predicted molar refractivity (Wildman–Crippen MR) is 95.9 cm³/mol. The van der Waals surface area contributed by atoms with Gasteiger partial charge in [0, 0.05) is 4.90 Å². The monoisotopic (exact) mass is 378 g/mol. The molecule has 0 aliphatic carbocycles. The van der Waals surface area contributed by atoms with Gasteiger partial charge in [0.1, 0.15) is 11.2 Å². The summed E-state index contributed by atoms with van der Waals surface area (Å²) in [4.78, 5) is 26.2. The Hall–Kier alpha value is -2.05. The van der Waals surface area contributed by atoms with Crippen LogP contribution in [0.2, 0.25) is 5.02 Å². The third-order valence-electron chi connectivity index (χ3n) is 3.93. The lowest BCUT2D eigenvalue weighted by molar-refractivity contribution is -0.137. The van der Waals surface area contributed by atoms with Crippen molar-refractivity contribution in [2.75, 3.05) is 0 Å². The first kappa shape index (κ1) is 17.8. The van der Waals surface area contributed by atoms with Crippen molar-refractivity contribution in [1.82, 2.24) is 10.2 Å². The fraction of sp³-hybridized carbons (Fsp3) is 0.222. The summed E-state index contributed by atoms with van der Waals surface area (Å²) in [6, 6.07) is 13.2. The maximum Gasteiger partial charge on any atom is 0.325 e. The number of β-lactam (4-membered cyclic amide) rings is 1. The summed E-state index contributed by atoms with van der Waals surface area (Å²) in [5.74, 6) is -0.731. The molecule has 1 fully saturated rings. The van der Waals surface area contributed by atoms with Gasteiger partial charge in [-0.15, -0.1) is 0 Å². The molecule has 0 unspecified atom stereocenters. The van der Waals surface area contributed by atoms with Gasteiger partial charge in [-0.1, -0.05) is 53.7 Å². The van der Waals surface area contributed by atoms with Crippen molar-refractivity contribution in [3.63, 3.8) is 0 Å². The first-order valence-corrected chi connectivity index (χ1v) is 9.00. The molecule has 1 aliphatic rings. The maximum atomic E-state index is 13.2. The molecule has 0 bridgehead atoms. The summed E-state index contributed by atoms with van der Waals surface area (Å²) in [7, 11) is 0. The molecular formula is C18H16ClFN2O2S. The molecule has 0 radical (unpaired) electrons. The SMILES string of the molecule is C[C@@H](NC(=O)N1C(=O)C[C@@H]1Sc1ccc(F)c(Cl)c1)c1ccccc1. The zero-order valence-electron chi connectivity index (χ0n) is 13.4. The molecule has 1 saturated heterocycles. The molecule has 25 heavy (non-hydrogen) atoms. The van der Waals surface area contributed by atoms with E-state index in [0.29, 0.717) is 4.90 Å². The van der Waals surface area contributed by atoms with Crippen LogP contribution >= 0.6 is 23.4 Å². The summed E-state index contributed by atoms with van der Waals surface area (Å²) >= 11 is 7.08. The van der Waals surface area contributed by atoms with Gasteiger partial charge in [0.15, 0.2) is 0 Å². The molecule has 2 atom stereocenters. The van der Waals surface area contributed by atoms with Crippen LogP contribution in [0.3, 0.4) is 0 Å². The minimum atomic E-state index is -0.498. The molecule has 1 N–H and O–H groups in total. The quantitative estimate of drug-likeness (QED) is 0.791. The normalized spacial score (nSPS) is 17.8. The zero-order valence-corrected chi connectivity index (χ0v) is 15.0. The maximum absolute atomic E-state index is 13.2. The second-order valence-corrected chi connectivity index (χ2v) is 7.36. The number of carbonyl (C=O) groups excluding carboxylic acids is 2. The Morgan fingerprint density at radius 3 is 2.68 bits per heavy atom. The van der Waals surface area contributed by atoms with E-state index in [4.69, 9.17) is 11.6 Å².